The lowest BCUT2D eigenvalue weighted by molar-refractivity contribution is 0.208. The molecular weight excluding hydrogens is 178 g/mol. The number of hydrogen-bond donors (Lipinski definition) is 1. The lowest BCUT2D eigenvalue weighted by Crippen LogP contribution is -2.22. The van der Waals surface area contributed by atoms with Gasteiger partial charge in [-0.25, -0.2) is 0 Å². The highest BCUT2D eigenvalue weighted by atomic mass is 16.5. The molecule has 1 aliphatic rings. The van der Waals surface area contributed by atoms with Crippen molar-refractivity contribution in [3.63, 3.8) is 0 Å². The van der Waals surface area contributed by atoms with E-state index in [2.05, 4.69) is 18.3 Å². The monoisotopic (exact) mass is 193 g/mol. The number of rotatable bonds is 4. The Kier molecular flexibility index (Phi) is 2.89. The second-order valence-corrected chi connectivity index (χ2v) is 3.25. The van der Waals surface area contributed by atoms with Gasteiger partial charge in [0.2, 0.25) is 0 Å². The Morgan fingerprint density at radius 1 is 1.57 bits per heavy atom. The average molecular weight is 193 g/mol. The fraction of sp³-hybridized carbons (Fsp3) is 0.455. The van der Waals surface area contributed by atoms with Gasteiger partial charge in [0, 0.05) is 6.42 Å². The molecule has 0 spiro atoms. The van der Waals surface area contributed by atoms with Crippen molar-refractivity contribution < 1.29 is 9.15 Å². The summed E-state index contributed by atoms with van der Waals surface area (Å²) in [6.45, 7) is 3.76. The first-order chi connectivity index (χ1) is 6.92. The molecule has 3 heteroatoms. The number of furan rings is 1. The highest BCUT2D eigenvalue weighted by Gasteiger charge is 2.21. The minimum atomic E-state index is 0.0810. The third-order valence-electron chi connectivity index (χ3n) is 2.25. The lowest BCUT2D eigenvalue weighted by atomic mass is 10.2. The minimum absolute atomic E-state index is 0.0810. The molecular formula is C11H15NO2. The minimum Gasteiger partial charge on any atom is -0.496 e. The van der Waals surface area contributed by atoms with Gasteiger partial charge < -0.3 is 14.5 Å². The third kappa shape index (κ3) is 1.82. The Morgan fingerprint density at radius 3 is 3.07 bits per heavy atom. The van der Waals surface area contributed by atoms with E-state index >= 15 is 0 Å². The number of hydrogen-bond acceptors (Lipinski definition) is 3. The molecule has 1 aromatic rings. The molecule has 0 aromatic carbocycles. The quantitative estimate of drug-likeness (QED) is 0.796. The number of likely N-dealkylation sites (N-methyl/N-ethyl adjacent to an activating group) is 1. The largest absolute Gasteiger partial charge is 0.496 e. The van der Waals surface area contributed by atoms with E-state index in [1.54, 1.807) is 6.26 Å². The van der Waals surface area contributed by atoms with Gasteiger partial charge in [0.05, 0.1) is 12.9 Å². The molecule has 76 valence electrons. The van der Waals surface area contributed by atoms with Gasteiger partial charge in [0.15, 0.2) is 0 Å². The van der Waals surface area contributed by atoms with Crippen molar-refractivity contribution in [2.45, 2.75) is 19.4 Å². The second kappa shape index (κ2) is 4.33. The first-order valence-electron chi connectivity index (χ1n) is 5.01. The highest BCUT2D eigenvalue weighted by Crippen LogP contribution is 2.26. The fourth-order valence-corrected chi connectivity index (χ4v) is 1.64. The molecule has 1 aromatic heterocycles. The van der Waals surface area contributed by atoms with E-state index in [9.17, 15) is 0 Å². The Bertz CT molecular complexity index is 303. The zero-order chi connectivity index (χ0) is 9.80. The average Bonchev–Trinajstić information content (AvgIpc) is 2.87. The lowest BCUT2D eigenvalue weighted by Gasteiger charge is -2.16. The molecule has 2 heterocycles. The molecule has 0 saturated heterocycles. The Morgan fingerprint density at radius 2 is 2.50 bits per heavy atom. The Labute approximate surface area is 83.7 Å². The maximum Gasteiger partial charge on any atom is 0.128 e. The molecule has 1 N–H and O–H groups in total. The molecule has 0 saturated carbocycles. The van der Waals surface area contributed by atoms with Crippen molar-refractivity contribution in [2.24, 2.45) is 0 Å². The predicted octanol–water partition coefficient (Wildman–Crippen LogP) is 2.23. The fourth-order valence-electron chi connectivity index (χ4n) is 1.64. The standard InChI is InChI=1S/C11H15NO2/c1-2-12-11(9-5-3-7-13-9)10-6-4-8-14-10/h3,5-7,11-12H,2,4,8H2,1H3. The van der Waals surface area contributed by atoms with Crippen LogP contribution in [0.5, 0.6) is 0 Å². The normalized spacial score (nSPS) is 17.6. The van der Waals surface area contributed by atoms with Crippen LogP contribution in [0.1, 0.15) is 25.1 Å². The summed E-state index contributed by atoms with van der Waals surface area (Å²) in [4.78, 5) is 0. The molecule has 3 nitrogen and oxygen atoms in total. The third-order valence-corrected chi connectivity index (χ3v) is 2.25. The molecule has 0 fully saturated rings. The first kappa shape index (κ1) is 9.34. The van der Waals surface area contributed by atoms with Gasteiger partial charge in [-0.15, -0.1) is 0 Å². The SMILES string of the molecule is CCNC(C1=CCCO1)c1ccco1. The van der Waals surface area contributed by atoms with E-state index < -0.39 is 0 Å². The predicted molar refractivity (Wildman–Crippen MR) is 53.8 cm³/mol. The number of ether oxygens (including phenoxy) is 1. The van der Waals surface area contributed by atoms with Gasteiger partial charge in [-0.05, 0) is 24.8 Å². The van der Waals surface area contributed by atoms with Crippen LogP contribution in [0, 0.1) is 0 Å². The molecule has 0 amide bonds. The van der Waals surface area contributed by atoms with Crippen LogP contribution in [-0.2, 0) is 4.74 Å². The summed E-state index contributed by atoms with van der Waals surface area (Å²) < 4.78 is 10.9. The molecule has 14 heavy (non-hydrogen) atoms. The van der Waals surface area contributed by atoms with Crippen LogP contribution in [-0.4, -0.2) is 13.2 Å². The van der Waals surface area contributed by atoms with E-state index in [0.29, 0.717) is 0 Å². The van der Waals surface area contributed by atoms with Crippen LogP contribution < -0.4 is 5.32 Å². The van der Waals surface area contributed by atoms with E-state index in [0.717, 1.165) is 31.1 Å². The summed E-state index contributed by atoms with van der Waals surface area (Å²) in [6, 6.07) is 3.95. The van der Waals surface area contributed by atoms with Gasteiger partial charge in [-0.1, -0.05) is 6.92 Å². The summed E-state index contributed by atoms with van der Waals surface area (Å²) >= 11 is 0. The maximum absolute atomic E-state index is 5.53. The Hall–Kier alpha value is -1.22. The zero-order valence-corrected chi connectivity index (χ0v) is 8.32. The van der Waals surface area contributed by atoms with Crippen LogP contribution in [0.25, 0.3) is 0 Å². The molecule has 0 bridgehead atoms. The summed E-state index contributed by atoms with van der Waals surface area (Å²) in [5, 5.41) is 3.34. The molecule has 2 rings (SSSR count). The summed E-state index contributed by atoms with van der Waals surface area (Å²) in [7, 11) is 0. The van der Waals surface area contributed by atoms with E-state index in [1.807, 2.05) is 12.1 Å². The van der Waals surface area contributed by atoms with E-state index in [4.69, 9.17) is 9.15 Å². The van der Waals surface area contributed by atoms with Crippen molar-refractivity contribution in [3.05, 3.63) is 36.0 Å². The molecule has 1 atom stereocenters. The van der Waals surface area contributed by atoms with Crippen LogP contribution in [0.2, 0.25) is 0 Å². The molecule has 0 radical (unpaired) electrons. The second-order valence-electron chi connectivity index (χ2n) is 3.25. The van der Waals surface area contributed by atoms with Crippen LogP contribution in [0.3, 0.4) is 0 Å². The van der Waals surface area contributed by atoms with Gasteiger partial charge in [-0.3, -0.25) is 0 Å². The van der Waals surface area contributed by atoms with Crippen molar-refractivity contribution in [3.8, 4) is 0 Å². The summed E-state index contributed by atoms with van der Waals surface area (Å²) in [5.41, 5.74) is 0. The van der Waals surface area contributed by atoms with E-state index in [1.165, 1.54) is 0 Å². The molecule has 0 aliphatic carbocycles. The van der Waals surface area contributed by atoms with Crippen molar-refractivity contribution in [2.75, 3.05) is 13.2 Å². The summed E-state index contributed by atoms with van der Waals surface area (Å²) in [5.74, 6) is 1.90. The number of nitrogens with one attached hydrogen (secondary N) is 1. The molecule has 1 aliphatic heterocycles. The summed E-state index contributed by atoms with van der Waals surface area (Å²) in [6.07, 6.45) is 4.81. The van der Waals surface area contributed by atoms with Gasteiger partial charge in [0.1, 0.15) is 17.6 Å². The van der Waals surface area contributed by atoms with Crippen molar-refractivity contribution in [1.29, 1.82) is 0 Å². The van der Waals surface area contributed by atoms with Crippen LogP contribution in [0.15, 0.2) is 34.6 Å². The van der Waals surface area contributed by atoms with Crippen molar-refractivity contribution in [1.82, 2.24) is 5.32 Å². The van der Waals surface area contributed by atoms with E-state index in [-0.39, 0.29) is 6.04 Å². The molecule has 1 unspecified atom stereocenters. The van der Waals surface area contributed by atoms with Gasteiger partial charge in [0.25, 0.3) is 0 Å². The van der Waals surface area contributed by atoms with Crippen LogP contribution >= 0.6 is 0 Å². The smallest absolute Gasteiger partial charge is 0.128 e. The van der Waals surface area contributed by atoms with Crippen molar-refractivity contribution >= 4 is 0 Å². The Balaban J connectivity index is 2.15. The topological polar surface area (TPSA) is 34.4 Å². The van der Waals surface area contributed by atoms with Gasteiger partial charge >= 0.3 is 0 Å². The maximum atomic E-state index is 5.53. The highest BCUT2D eigenvalue weighted by molar-refractivity contribution is 5.18. The van der Waals surface area contributed by atoms with Gasteiger partial charge in [-0.2, -0.15) is 0 Å². The van der Waals surface area contributed by atoms with Crippen LogP contribution in [0.4, 0.5) is 0 Å². The first-order valence-corrected chi connectivity index (χ1v) is 5.01. The zero-order valence-electron chi connectivity index (χ0n) is 8.32.